The Morgan fingerprint density at radius 3 is 2.64 bits per heavy atom. The highest BCUT2D eigenvalue weighted by Crippen LogP contribution is 2.28. The minimum Gasteiger partial charge on any atom is -0.462 e. The van der Waals surface area contributed by atoms with Crippen molar-refractivity contribution in [2.45, 2.75) is 13.8 Å². The summed E-state index contributed by atoms with van der Waals surface area (Å²) in [5, 5.41) is 0. The highest BCUT2D eigenvalue weighted by Gasteiger charge is 2.13. The number of benzene rings is 1. The highest BCUT2D eigenvalue weighted by atomic mass is 79.9. The average molecular weight is 322 g/mol. The molecule has 0 spiro atoms. The Balaban J connectivity index is 3.13. The summed E-state index contributed by atoms with van der Waals surface area (Å²) >= 11 is 6.70. The summed E-state index contributed by atoms with van der Waals surface area (Å²) in [6.45, 7) is 4.10. The van der Waals surface area contributed by atoms with Crippen LogP contribution in [-0.2, 0) is 4.74 Å². The van der Waals surface area contributed by atoms with Crippen LogP contribution < -0.4 is 0 Å². The third kappa shape index (κ3) is 2.58. The van der Waals surface area contributed by atoms with Crippen LogP contribution in [0.5, 0.6) is 0 Å². The zero-order valence-corrected chi connectivity index (χ0v) is 11.1. The lowest BCUT2D eigenvalue weighted by Gasteiger charge is -2.07. The van der Waals surface area contributed by atoms with E-state index in [0.29, 0.717) is 12.2 Å². The number of ether oxygens (including phenoxy) is 1. The van der Waals surface area contributed by atoms with Crippen LogP contribution in [0.25, 0.3) is 0 Å². The molecule has 0 saturated heterocycles. The molecule has 0 bridgehead atoms. The van der Waals surface area contributed by atoms with Crippen molar-refractivity contribution in [3.05, 3.63) is 32.2 Å². The maximum atomic E-state index is 11.5. The lowest BCUT2D eigenvalue weighted by molar-refractivity contribution is 0.0525. The zero-order chi connectivity index (χ0) is 10.7. The van der Waals surface area contributed by atoms with Gasteiger partial charge < -0.3 is 4.74 Å². The van der Waals surface area contributed by atoms with Crippen molar-refractivity contribution in [3.8, 4) is 0 Å². The van der Waals surface area contributed by atoms with Gasteiger partial charge in [0.05, 0.1) is 12.2 Å². The molecule has 0 saturated carbocycles. The Morgan fingerprint density at radius 2 is 2.07 bits per heavy atom. The van der Waals surface area contributed by atoms with Crippen LogP contribution in [0, 0.1) is 6.92 Å². The van der Waals surface area contributed by atoms with E-state index in [2.05, 4.69) is 31.9 Å². The predicted octanol–water partition coefficient (Wildman–Crippen LogP) is 3.70. The largest absolute Gasteiger partial charge is 0.462 e. The molecule has 2 nitrogen and oxygen atoms in total. The smallest absolute Gasteiger partial charge is 0.339 e. The molecular formula is C10H10Br2O2. The van der Waals surface area contributed by atoms with Gasteiger partial charge in [0.1, 0.15) is 0 Å². The summed E-state index contributed by atoms with van der Waals surface area (Å²) in [4.78, 5) is 11.5. The van der Waals surface area contributed by atoms with Crippen molar-refractivity contribution in [1.82, 2.24) is 0 Å². The lowest BCUT2D eigenvalue weighted by atomic mass is 10.1. The van der Waals surface area contributed by atoms with Gasteiger partial charge in [0.25, 0.3) is 0 Å². The number of carbonyl (C=O) groups excluding carboxylic acids is 1. The molecule has 0 aliphatic carbocycles. The minimum atomic E-state index is -0.302. The molecule has 1 aromatic carbocycles. The first-order valence-electron chi connectivity index (χ1n) is 4.19. The van der Waals surface area contributed by atoms with Crippen LogP contribution in [0.4, 0.5) is 0 Å². The van der Waals surface area contributed by atoms with Gasteiger partial charge in [0, 0.05) is 8.95 Å². The molecule has 0 aromatic heterocycles. The zero-order valence-electron chi connectivity index (χ0n) is 7.93. The lowest BCUT2D eigenvalue weighted by Crippen LogP contribution is -2.06. The van der Waals surface area contributed by atoms with E-state index in [4.69, 9.17) is 4.74 Å². The molecule has 1 rings (SSSR count). The van der Waals surface area contributed by atoms with Crippen LogP contribution in [0.15, 0.2) is 21.1 Å². The fourth-order valence-corrected chi connectivity index (χ4v) is 2.05. The number of rotatable bonds is 2. The van der Waals surface area contributed by atoms with Gasteiger partial charge in [-0.15, -0.1) is 0 Å². The summed E-state index contributed by atoms with van der Waals surface area (Å²) in [6.07, 6.45) is 0. The van der Waals surface area contributed by atoms with E-state index in [1.807, 2.05) is 13.0 Å². The van der Waals surface area contributed by atoms with Crippen LogP contribution in [0.3, 0.4) is 0 Å². The summed E-state index contributed by atoms with van der Waals surface area (Å²) in [6, 6.07) is 3.74. The average Bonchev–Trinajstić information content (AvgIpc) is 2.11. The third-order valence-electron chi connectivity index (χ3n) is 1.67. The van der Waals surface area contributed by atoms with Crippen molar-refractivity contribution in [3.63, 3.8) is 0 Å². The summed E-state index contributed by atoms with van der Waals surface area (Å²) in [7, 11) is 0. The van der Waals surface area contributed by atoms with Gasteiger partial charge in [-0.05, 0) is 63.4 Å². The molecule has 0 fully saturated rings. The molecule has 0 heterocycles. The maximum Gasteiger partial charge on any atom is 0.339 e. The van der Waals surface area contributed by atoms with E-state index < -0.39 is 0 Å². The molecule has 14 heavy (non-hydrogen) atoms. The van der Waals surface area contributed by atoms with Crippen molar-refractivity contribution < 1.29 is 9.53 Å². The van der Waals surface area contributed by atoms with Gasteiger partial charge in [-0.1, -0.05) is 0 Å². The normalized spacial score (nSPS) is 10.0. The van der Waals surface area contributed by atoms with Gasteiger partial charge in [0.2, 0.25) is 0 Å². The van der Waals surface area contributed by atoms with Gasteiger partial charge in [-0.3, -0.25) is 0 Å². The van der Waals surface area contributed by atoms with Crippen molar-refractivity contribution in [2.75, 3.05) is 6.61 Å². The van der Waals surface area contributed by atoms with Gasteiger partial charge in [-0.2, -0.15) is 0 Å². The van der Waals surface area contributed by atoms with Crippen molar-refractivity contribution in [2.24, 2.45) is 0 Å². The Bertz CT molecular complexity index is 361. The van der Waals surface area contributed by atoms with Crippen molar-refractivity contribution >= 4 is 37.8 Å². The Morgan fingerprint density at radius 1 is 1.43 bits per heavy atom. The Hall–Kier alpha value is -0.350. The van der Waals surface area contributed by atoms with E-state index >= 15 is 0 Å². The van der Waals surface area contributed by atoms with Crippen LogP contribution in [0.2, 0.25) is 0 Å². The summed E-state index contributed by atoms with van der Waals surface area (Å²) in [5.41, 5.74) is 1.57. The second-order valence-corrected chi connectivity index (χ2v) is 4.48. The second-order valence-electron chi connectivity index (χ2n) is 2.83. The van der Waals surface area contributed by atoms with Crippen molar-refractivity contribution in [1.29, 1.82) is 0 Å². The Kier molecular flexibility index (Phi) is 4.13. The number of esters is 1. The SMILES string of the molecule is CCOC(=O)c1cc(C)cc(Br)c1Br. The van der Waals surface area contributed by atoms with Crippen LogP contribution in [-0.4, -0.2) is 12.6 Å². The fourth-order valence-electron chi connectivity index (χ4n) is 1.08. The van der Waals surface area contributed by atoms with E-state index in [0.717, 1.165) is 14.5 Å². The number of hydrogen-bond donors (Lipinski definition) is 0. The van der Waals surface area contributed by atoms with Gasteiger partial charge in [-0.25, -0.2) is 4.79 Å². The molecule has 0 unspecified atom stereocenters. The van der Waals surface area contributed by atoms with Crippen LogP contribution in [0.1, 0.15) is 22.8 Å². The van der Waals surface area contributed by atoms with Gasteiger partial charge in [0.15, 0.2) is 0 Å². The summed E-state index contributed by atoms with van der Waals surface area (Å²) < 4.78 is 6.53. The molecule has 0 aliphatic heterocycles. The maximum absolute atomic E-state index is 11.5. The number of aryl methyl sites for hydroxylation is 1. The van der Waals surface area contributed by atoms with E-state index in [1.54, 1.807) is 13.0 Å². The molecule has 0 amide bonds. The number of carbonyl (C=O) groups is 1. The third-order valence-corrected chi connectivity index (χ3v) is 3.68. The quantitative estimate of drug-likeness (QED) is 0.776. The fraction of sp³-hybridized carbons (Fsp3) is 0.300. The summed E-state index contributed by atoms with van der Waals surface area (Å²) in [5.74, 6) is -0.302. The molecule has 76 valence electrons. The monoisotopic (exact) mass is 320 g/mol. The van der Waals surface area contributed by atoms with Gasteiger partial charge >= 0.3 is 5.97 Å². The standard InChI is InChI=1S/C10H10Br2O2/c1-3-14-10(13)7-4-6(2)5-8(11)9(7)12/h4-5H,3H2,1-2H3. The Labute approximate surface area is 99.9 Å². The first kappa shape index (κ1) is 11.7. The second kappa shape index (κ2) is 4.94. The molecule has 1 aromatic rings. The highest BCUT2D eigenvalue weighted by molar-refractivity contribution is 9.13. The molecule has 0 N–H and O–H groups in total. The number of halogens is 2. The van der Waals surface area contributed by atoms with E-state index in [-0.39, 0.29) is 5.97 Å². The van der Waals surface area contributed by atoms with E-state index in [1.165, 1.54) is 0 Å². The first-order chi connectivity index (χ1) is 6.56. The first-order valence-corrected chi connectivity index (χ1v) is 5.77. The predicted molar refractivity (Wildman–Crippen MR) is 62.5 cm³/mol. The van der Waals surface area contributed by atoms with E-state index in [9.17, 15) is 4.79 Å². The topological polar surface area (TPSA) is 26.3 Å². The molecular weight excluding hydrogens is 312 g/mol. The molecule has 0 aliphatic rings. The van der Waals surface area contributed by atoms with Crippen LogP contribution >= 0.6 is 31.9 Å². The molecule has 0 atom stereocenters. The molecule has 4 heteroatoms. The molecule has 0 radical (unpaired) electrons. The number of hydrogen-bond acceptors (Lipinski definition) is 2. The minimum absolute atomic E-state index is 0.302.